The average molecular weight is 372 g/mol. The maximum Gasteiger partial charge on any atom is 0.337 e. The van der Waals surface area contributed by atoms with E-state index >= 15 is 0 Å². The summed E-state index contributed by atoms with van der Waals surface area (Å²) in [6.07, 6.45) is 1.93. The maximum atomic E-state index is 12.4. The molecule has 0 fully saturated rings. The fourth-order valence-electron chi connectivity index (χ4n) is 3.63. The number of carbonyl (C=O) groups is 2. The van der Waals surface area contributed by atoms with Crippen LogP contribution in [0.25, 0.3) is 17.3 Å². The summed E-state index contributed by atoms with van der Waals surface area (Å²) >= 11 is 0. The third kappa shape index (κ3) is 2.91. The van der Waals surface area contributed by atoms with E-state index < -0.39 is 0 Å². The summed E-state index contributed by atoms with van der Waals surface area (Å²) in [6, 6.07) is 17.0. The molecule has 1 aliphatic rings. The van der Waals surface area contributed by atoms with Gasteiger partial charge in [-0.3, -0.25) is 4.79 Å². The molecule has 0 bridgehead atoms. The van der Waals surface area contributed by atoms with E-state index in [1.165, 1.54) is 7.11 Å². The number of ether oxygens (including phenoxy) is 1. The highest BCUT2D eigenvalue weighted by molar-refractivity contribution is 6.34. The van der Waals surface area contributed by atoms with Crippen LogP contribution in [0, 0.1) is 13.8 Å². The molecule has 0 radical (unpaired) electrons. The van der Waals surface area contributed by atoms with Gasteiger partial charge in [0.15, 0.2) is 0 Å². The predicted octanol–water partition coefficient (Wildman–Crippen LogP) is 4.37. The van der Waals surface area contributed by atoms with Crippen molar-refractivity contribution in [2.75, 3.05) is 12.4 Å². The molecule has 0 saturated carbocycles. The average Bonchev–Trinajstić information content (AvgIpc) is 3.17. The lowest BCUT2D eigenvalue weighted by Crippen LogP contribution is -2.04. The number of amides is 1. The molecule has 0 atom stereocenters. The third-order valence-corrected chi connectivity index (χ3v) is 5.03. The Morgan fingerprint density at radius 3 is 2.50 bits per heavy atom. The molecule has 28 heavy (non-hydrogen) atoms. The molecule has 5 heteroatoms. The van der Waals surface area contributed by atoms with Crippen LogP contribution >= 0.6 is 0 Å². The first-order chi connectivity index (χ1) is 13.5. The fourth-order valence-corrected chi connectivity index (χ4v) is 3.63. The van der Waals surface area contributed by atoms with E-state index in [1.54, 1.807) is 12.1 Å². The molecule has 5 nitrogen and oxygen atoms in total. The molecular formula is C23H20N2O3. The molecule has 0 aliphatic carbocycles. The van der Waals surface area contributed by atoms with Crippen molar-refractivity contribution < 1.29 is 14.3 Å². The van der Waals surface area contributed by atoms with Crippen molar-refractivity contribution >= 4 is 29.2 Å². The Balaban J connectivity index is 1.75. The SMILES string of the molecule is COC(=O)c1ccc(-n2c(C)cc(/C=C3/C(=O)Nc4ccccc43)c2C)cc1. The quantitative estimate of drug-likeness (QED) is 0.548. The smallest absolute Gasteiger partial charge is 0.337 e. The van der Waals surface area contributed by atoms with Gasteiger partial charge in [0.1, 0.15) is 0 Å². The van der Waals surface area contributed by atoms with Gasteiger partial charge in [0.2, 0.25) is 0 Å². The molecule has 2 aromatic carbocycles. The summed E-state index contributed by atoms with van der Waals surface area (Å²) < 4.78 is 6.86. The second kappa shape index (κ2) is 6.85. The first-order valence-corrected chi connectivity index (χ1v) is 8.99. The van der Waals surface area contributed by atoms with E-state index in [9.17, 15) is 9.59 Å². The van der Waals surface area contributed by atoms with Crippen molar-refractivity contribution in [3.8, 4) is 5.69 Å². The number of para-hydroxylation sites is 1. The number of esters is 1. The normalized spacial score (nSPS) is 14.1. The zero-order valence-corrected chi connectivity index (χ0v) is 15.9. The molecule has 0 spiro atoms. The number of fused-ring (bicyclic) bond motifs is 1. The van der Waals surface area contributed by atoms with Crippen LogP contribution in [0.15, 0.2) is 54.6 Å². The van der Waals surface area contributed by atoms with E-state index in [4.69, 9.17) is 4.74 Å². The Morgan fingerprint density at radius 1 is 1.07 bits per heavy atom. The zero-order chi connectivity index (χ0) is 19.8. The minimum absolute atomic E-state index is 0.0894. The van der Waals surface area contributed by atoms with E-state index in [1.807, 2.05) is 56.3 Å². The summed E-state index contributed by atoms with van der Waals surface area (Å²) in [6.45, 7) is 4.04. The van der Waals surface area contributed by atoms with Crippen molar-refractivity contribution in [3.63, 3.8) is 0 Å². The number of hydrogen-bond acceptors (Lipinski definition) is 3. The van der Waals surface area contributed by atoms with Crippen LogP contribution in [0.4, 0.5) is 5.69 Å². The standard InChI is InChI=1S/C23H20N2O3/c1-14-12-17(13-20-19-6-4-5-7-21(19)24-22(20)26)15(2)25(14)18-10-8-16(9-11-18)23(27)28-3/h4-13H,1-3H3,(H,24,26)/b20-13+. The van der Waals surface area contributed by atoms with Gasteiger partial charge in [-0.25, -0.2) is 4.79 Å². The van der Waals surface area contributed by atoms with Crippen LogP contribution in [0.3, 0.4) is 0 Å². The Morgan fingerprint density at radius 2 is 1.79 bits per heavy atom. The Labute approximate surface area is 163 Å². The Kier molecular flexibility index (Phi) is 4.35. The minimum Gasteiger partial charge on any atom is -0.465 e. The number of carbonyl (C=O) groups excluding carboxylic acids is 2. The first kappa shape index (κ1) is 17.8. The predicted molar refractivity (Wildman–Crippen MR) is 110 cm³/mol. The minimum atomic E-state index is -0.358. The topological polar surface area (TPSA) is 60.3 Å². The zero-order valence-electron chi connectivity index (χ0n) is 15.9. The van der Waals surface area contributed by atoms with Crippen LogP contribution in [-0.4, -0.2) is 23.6 Å². The monoisotopic (exact) mass is 372 g/mol. The number of rotatable bonds is 3. The van der Waals surface area contributed by atoms with Gasteiger partial charge in [-0.2, -0.15) is 0 Å². The number of methoxy groups -OCH3 is 1. The number of benzene rings is 2. The number of aromatic nitrogens is 1. The van der Waals surface area contributed by atoms with Gasteiger partial charge < -0.3 is 14.6 Å². The van der Waals surface area contributed by atoms with Crippen molar-refractivity contribution in [1.29, 1.82) is 0 Å². The number of anilines is 1. The Bertz CT molecular complexity index is 1120. The largest absolute Gasteiger partial charge is 0.465 e. The van der Waals surface area contributed by atoms with Gasteiger partial charge in [0.05, 0.1) is 12.7 Å². The highest BCUT2D eigenvalue weighted by atomic mass is 16.5. The fraction of sp³-hybridized carbons (Fsp3) is 0.130. The number of nitrogens with one attached hydrogen (secondary N) is 1. The molecule has 1 aliphatic heterocycles. The van der Waals surface area contributed by atoms with Gasteiger partial charge in [0.25, 0.3) is 5.91 Å². The van der Waals surface area contributed by atoms with Gasteiger partial charge >= 0.3 is 5.97 Å². The first-order valence-electron chi connectivity index (χ1n) is 8.99. The molecule has 0 unspecified atom stereocenters. The second-order valence-electron chi connectivity index (χ2n) is 6.76. The highest BCUT2D eigenvalue weighted by Crippen LogP contribution is 2.34. The van der Waals surface area contributed by atoms with E-state index in [0.717, 1.165) is 33.9 Å². The molecular weight excluding hydrogens is 352 g/mol. The maximum absolute atomic E-state index is 12.4. The number of aryl methyl sites for hydroxylation is 1. The molecule has 140 valence electrons. The molecule has 0 saturated heterocycles. The van der Waals surface area contributed by atoms with E-state index in [2.05, 4.69) is 16.0 Å². The lowest BCUT2D eigenvalue weighted by atomic mass is 10.0. The number of hydrogen-bond donors (Lipinski definition) is 1. The van der Waals surface area contributed by atoms with Crippen LogP contribution in [-0.2, 0) is 9.53 Å². The summed E-state index contributed by atoms with van der Waals surface area (Å²) in [4.78, 5) is 24.1. The van der Waals surface area contributed by atoms with E-state index in [0.29, 0.717) is 11.1 Å². The van der Waals surface area contributed by atoms with Crippen molar-refractivity contribution in [2.45, 2.75) is 13.8 Å². The molecule has 3 aromatic rings. The van der Waals surface area contributed by atoms with Gasteiger partial charge in [0, 0.05) is 33.9 Å². The van der Waals surface area contributed by atoms with Crippen molar-refractivity contribution in [2.24, 2.45) is 0 Å². The van der Waals surface area contributed by atoms with Crippen molar-refractivity contribution in [3.05, 3.63) is 82.7 Å². The lowest BCUT2D eigenvalue weighted by molar-refractivity contribution is -0.110. The van der Waals surface area contributed by atoms with Crippen LogP contribution < -0.4 is 5.32 Å². The van der Waals surface area contributed by atoms with Crippen LogP contribution in [0.2, 0.25) is 0 Å². The highest BCUT2D eigenvalue weighted by Gasteiger charge is 2.24. The Hall–Kier alpha value is -3.60. The van der Waals surface area contributed by atoms with Gasteiger partial charge in [-0.1, -0.05) is 18.2 Å². The van der Waals surface area contributed by atoms with Crippen molar-refractivity contribution in [1.82, 2.24) is 4.57 Å². The summed E-state index contributed by atoms with van der Waals surface area (Å²) in [5.74, 6) is -0.447. The molecule has 1 amide bonds. The number of nitrogens with zero attached hydrogens (tertiary/aromatic N) is 1. The molecule has 1 aromatic heterocycles. The van der Waals surface area contributed by atoms with Crippen LogP contribution in [0.1, 0.15) is 32.9 Å². The molecule has 1 N–H and O–H groups in total. The third-order valence-electron chi connectivity index (χ3n) is 5.03. The molecule has 4 rings (SSSR count). The van der Waals surface area contributed by atoms with E-state index in [-0.39, 0.29) is 11.9 Å². The van der Waals surface area contributed by atoms with Gasteiger partial charge in [-0.05, 0) is 61.9 Å². The molecule has 2 heterocycles. The summed E-state index contributed by atoms with van der Waals surface area (Å²) in [5.41, 5.74) is 6.92. The van der Waals surface area contributed by atoms with Gasteiger partial charge in [-0.15, -0.1) is 0 Å². The summed E-state index contributed by atoms with van der Waals surface area (Å²) in [5, 5.41) is 2.90. The second-order valence-corrected chi connectivity index (χ2v) is 6.76. The lowest BCUT2D eigenvalue weighted by Gasteiger charge is -2.10. The van der Waals surface area contributed by atoms with Crippen LogP contribution in [0.5, 0.6) is 0 Å². The summed E-state index contributed by atoms with van der Waals surface area (Å²) in [7, 11) is 1.37.